The summed E-state index contributed by atoms with van der Waals surface area (Å²) in [7, 11) is 0. The molecule has 154 valence electrons. The number of hydrogen-bond donors (Lipinski definition) is 2. The van der Waals surface area contributed by atoms with Crippen LogP contribution in [0.3, 0.4) is 0 Å². The smallest absolute Gasteiger partial charge is 0.255 e. The highest BCUT2D eigenvalue weighted by Crippen LogP contribution is 2.22. The van der Waals surface area contributed by atoms with Gasteiger partial charge >= 0.3 is 0 Å². The van der Waals surface area contributed by atoms with Gasteiger partial charge in [0.2, 0.25) is 0 Å². The Labute approximate surface area is 187 Å². The van der Waals surface area contributed by atoms with E-state index in [1.54, 1.807) is 48.7 Å². The second-order valence-corrected chi connectivity index (χ2v) is 7.75. The minimum atomic E-state index is -0.341. The predicted molar refractivity (Wildman–Crippen MR) is 124 cm³/mol. The maximum Gasteiger partial charge on any atom is 0.255 e. The molecule has 7 heteroatoms. The van der Waals surface area contributed by atoms with Gasteiger partial charge in [0.15, 0.2) is 5.82 Å². The summed E-state index contributed by atoms with van der Waals surface area (Å²) in [5, 5.41) is 6.07. The average molecular weight is 477 g/mol. The van der Waals surface area contributed by atoms with E-state index in [0.29, 0.717) is 22.8 Å². The Morgan fingerprint density at radius 2 is 1.74 bits per heavy atom. The van der Waals surface area contributed by atoms with Crippen molar-refractivity contribution < 1.29 is 9.18 Å². The Kier molecular flexibility index (Phi) is 6.04. The molecule has 0 spiro atoms. The van der Waals surface area contributed by atoms with Crippen LogP contribution in [-0.2, 0) is 0 Å². The number of aromatic nitrogens is 2. The maximum absolute atomic E-state index is 13.5. The molecule has 0 aliphatic rings. The largest absolute Gasteiger partial charge is 0.340 e. The number of nitrogens with one attached hydrogen (secondary N) is 2. The van der Waals surface area contributed by atoms with E-state index in [4.69, 9.17) is 0 Å². The maximum atomic E-state index is 13.5. The first-order chi connectivity index (χ1) is 15.0. The first kappa shape index (κ1) is 20.7. The first-order valence-electron chi connectivity index (χ1n) is 9.51. The summed E-state index contributed by atoms with van der Waals surface area (Å²) in [4.78, 5) is 21.2. The normalized spacial score (nSPS) is 10.5. The summed E-state index contributed by atoms with van der Waals surface area (Å²) in [6, 6.07) is 20.6. The van der Waals surface area contributed by atoms with Crippen LogP contribution in [0.25, 0.3) is 11.4 Å². The van der Waals surface area contributed by atoms with E-state index >= 15 is 0 Å². The number of aryl methyl sites for hydroxylation is 1. The van der Waals surface area contributed by atoms with Crippen molar-refractivity contribution in [1.29, 1.82) is 0 Å². The molecule has 0 radical (unpaired) electrons. The molecule has 1 aromatic heterocycles. The molecule has 0 fully saturated rings. The van der Waals surface area contributed by atoms with Crippen molar-refractivity contribution >= 4 is 39.0 Å². The molecule has 5 nitrogen and oxygen atoms in total. The lowest BCUT2D eigenvalue weighted by molar-refractivity contribution is 0.102. The zero-order chi connectivity index (χ0) is 21.8. The quantitative estimate of drug-likeness (QED) is 0.352. The van der Waals surface area contributed by atoms with Gasteiger partial charge in [-0.3, -0.25) is 4.79 Å². The monoisotopic (exact) mass is 476 g/mol. The molecule has 1 amide bonds. The summed E-state index contributed by atoms with van der Waals surface area (Å²) in [6.07, 6.45) is 1.61. The lowest BCUT2D eigenvalue weighted by atomic mass is 10.1. The number of carbonyl (C=O) groups is 1. The third-order valence-corrected chi connectivity index (χ3v) is 5.46. The van der Waals surface area contributed by atoms with Crippen molar-refractivity contribution in [2.24, 2.45) is 0 Å². The first-order valence-corrected chi connectivity index (χ1v) is 10.3. The number of amides is 1. The van der Waals surface area contributed by atoms with E-state index in [1.165, 1.54) is 12.1 Å². The highest BCUT2D eigenvalue weighted by Gasteiger charge is 2.08. The van der Waals surface area contributed by atoms with Gasteiger partial charge in [0.1, 0.15) is 11.6 Å². The number of nitrogens with zero attached hydrogens (tertiary/aromatic N) is 2. The molecule has 31 heavy (non-hydrogen) atoms. The zero-order valence-electron chi connectivity index (χ0n) is 16.6. The van der Waals surface area contributed by atoms with Crippen LogP contribution in [0.15, 0.2) is 83.5 Å². The fraction of sp³-hybridized carbons (Fsp3) is 0.0417. The predicted octanol–water partition coefficient (Wildman–Crippen LogP) is 6.35. The molecular weight excluding hydrogens is 459 g/mol. The number of rotatable bonds is 5. The van der Waals surface area contributed by atoms with Crippen LogP contribution < -0.4 is 10.6 Å². The van der Waals surface area contributed by atoms with E-state index in [2.05, 4.69) is 36.5 Å². The van der Waals surface area contributed by atoms with Gasteiger partial charge in [-0.15, -0.1) is 0 Å². The van der Waals surface area contributed by atoms with Crippen molar-refractivity contribution in [3.63, 3.8) is 0 Å². The van der Waals surface area contributed by atoms with Crippen LogP contribution in [0, 0.1) is 12.7 Å². The average Bonchev–Trinajstić information content (AvgIpc) is 2.77. The highest BCUT2D eigenvalue weighted by molar-refractivity contribution is 9.10. The summed E-state index contributed by atoms with van der Waals surface area (Å²) in [6.45, 7) is 1.97. The Bertz CT molecular complexity index is 1240. The molecule has 0 aliphatic heterocycles. The molecule has 0 aliphatic carbocycles. The van der Waals surface area contributed by atoms with E-state index < -0.39 is 0 Å². The number of benzene rings is 3. The molecule has 4 rings (SSSR count). The molecule has 1 heterocycles. The molecule has 4 aromatic rings. The minimum Gasteiger partial charge on any atom is -0.340 e. The van der Waals surface area contributed by atoms with Gasteiger partial charge in [-0.2, -0.15) is 0 Å². The van der Waals surface area contributed by atoms with E-state index in [-0.39, 0.29) is 11.7 Å². The van der Waals surface area contributed by atoms with Crippen molar-refractivity contribution in [3.8, 4) is 11.4 Å². The molecule has 3 aromatic carbocycles. The lowest BCUT2D eigenvalue weighted by Gasteiger charge is -2.09. The molecule has 0 bridgehead atoms. The molecule has 0 unspecified atom stereocenters. The second-order valence-electron chi connectivity index (χ2n) is 6.90. The van der Waals surface area contributed by atoms with Crippen LogP contribution in [0.2, 0.25) is 0 Å². The lowest BCUT2D eigenvalue weighted by Crippen LogP contribution is -2.11. The van der Waals surface area contributed by atoms with Crippen molar-refractivity contribution in [2.45, 2.75) is 6.92 Å². The topological polar surface area (TPSA) is 66.9 Å². The number of carbonyl (C=O) groups excluding carboxylic acids is 1. The van der Waals surface area contributed by atoms with Crippen LogP contribution in [-0.4, -0.2) is 15.9 Å². The Hall–Kier alpha value is -3.58. The van der Waals surface area contributed by atoms with Gasteiger partial charge < -0.3 is 10.6 Å². The SMILES string of the molecule is Cc1cc(NC(=O)c2ccc(Nc3ccnc(-c4cccc(F)c4)n3)cc2)ccc1Br. The summed E-state index contributed by atoms with van der Waals surface area (Å²) in [5.74, 6) is 0.456. The van der Waals surface area contributed by atoms with Gasteiger partial charge in [-0.25, -0.2) is 14.4 Å². The van der Waals surface area contributed by atoms with Gasteiger partial charge in [0, 0.05) is 33.2 Å². The highest BCUT2D eigenvalue weighted by atomic mass is 79.9. The van der Waals surface area contributed by atoms with Crippen LogP contribution in [0.4, 0.5) is 21.6 Å². The number of halogens is 2. The van der Waals surface area contributed by atoms with Gasteiger partial charge in [-0.1, -0.05) is 28.1 Å². The van der Waals surface area contributed by atoms with E-state index in [9.17, 15) is 9.18 Å². The fourth-order valence-electron chi connectivity index (χ4n) is 2.97. The van der Waals surface area contributed by atoms with Crippen LogP contribution >= 0.6 is 15.9 Å². The molecule has 2 N–H and O–H groups in total. The van der Waals surface area contributed by atoms with Gasteiger partial charge in [0.05, 0.1) is 0 Å². The molecule has 0 atom stereocenters. The standard InChI is InChI=1S/C24H18BrFN4O/c1-15-13-20(9-10-21(15)25)29-24(31)16-5-7-19(8-6-16)28-22-11-12-27-23(30-22)17-3-2-4-18(26)14-17/h2-14H,1H3,(H,29,31)(H,27,28,30). The molecular formula is C24H18BrFN4O. The Morgan fingerprint density at radius 3 is 2.48 bits per heavy atom. The van der Waals surface area contributed by atoms with Crippen molar-refractivity contribution in [2.75, 3.05) is 10.6 Å². The van der Waals surface area contributed by atoms with E-state index in [0.717, 1.165) is 21.4 Å². The summed E-state index contributed by atoms with van der Waals surface area (Å²) in [5.41, 5.74) is 3.67. The molecule has 0 saturated carbocycles. The summed E-state index contributed by atoms with van der Waals surface area (Å²) < 4.78 is 14.5. The molecule has 0 saturated heterocycles. The van der Waals surface area contributed by atoms with Crippen molar-refractivity contribution in [3.05, 3.63) is 100 Å². The Morgan fingerprint density at radius 1 is 0.968 bits per heavy atom. The summed E-state index contributed by atoms with van der Waals surface area (Å²) >= 11 is 3.45. The third-order valence-electron chi connectivity index (χ3n) is 4.57. The Balaban J connectivity index is 1.45. The van der Waals surface area contributed by atoms with Gasteiger partial charge in [0.25, 0.3) is 5.91 Å². The van der Waals surface area contributed by atoms with Crippen molar-refractivity contribution in [1.82, 2.24) is 9.97 Å². The van der Waals surface area contributed by atoms with E-state index in [1.807, 2.05) is 25.1 Å². The fourth-order valence-corrected chi connectivity index (χ4v) is 3.22. The third kappa shape index (κ3) is 5.13. The van der Waals surface area contributed by atoms with Gasteiger partial charge in [-0.05, 0) is 73.2 Å². The number of anilines is 3. The van der Waals surface area contributed by atoms with Crippen LogP contribution in [0.5, 0.6) is 0 Å². The second kappa shape index (κ2) is 9.06. The van der Waals surface area contributed by atoms with Crippen LogP contribution in [0.1, 0.15) is 15.9 Å². The minimum absolute atomic E-state index is 0.191. The number of hydrogen-bond acceptors (Lipinski definition) is 4. The zero-order valence-corrected chi connectivity index (χ0v) is 18.2.